The van der Waals surface area contributed by atoms with Gasteiger partial charge in [0.2, 0.25) is 5.91 Å². The van der Waals surface area contributed by atoms with E-state index in [9.17, 15) is 14.4 Å². The molecular formula is C20H20N2O4. The van der Waals surface area contributed by atoms with E-state index in [-0.39, 0.29) is 0 Å². The number of carbonyl (C=O) groups is 3. The van der Waals surface area contributed by atoms with Gasteiger partial charge in [0, 0.05) is 17.3 Å². The number of nitrogens with two attached hydrogens (primary N) is 1. The van der Waals surface area contributed by atoms with Gasteiger partial charge < -0.3 is 15.8 Å². The van der Waals surface area contributed by atoms with Crippen LogP contribution in [0.2, 0.25) is 0 Å². The zero-order chi connectivity index (χ0) is 19.1. The van der Waals surface area contributed by atoms with Crippen molar-refractivity contribution in [1.29, 1.82) is 0 Å². The lowest BCUT2D eigenvalue weighted by Crippen LogP contribution is -2.29. The molecular weight excluding hydrogens is 332 g/mol. The van der Waals surface area contributed by atoms with Crippen LogP contribution in [0.1, 0.15) is 28.4 Å². The van der Waals surface area contributed by atoms with Crippen molar-refractivity contribution in [3.63, 3.8) is 0 Å². The average molecular weight is 352 g/mol. The van der Waals surface area contributed by atoms with Crippen molar-refractivity contribution in [3.8, 4) is 0 Å². The second-order valence-corrected chi connectivity index (χ2v) is 5.76. The molecule has 0 aromatic heterocycles. The van der Waals surface area contributed by atoms with E-state index >= 15 is 0 Å². The highest BCUT2D eigenvalue weighted by molar-refractivity contribution is 5.97. The molecule has 0 unspecified atom stereocenters. The monoisotopic (exact) mass is 352 g/mol. The van der Waals surface area contributed by atoms with Gasteiger partial charge in [-0.05, 0) is 49.8 Å². The molecule has 0 bridgehead atoms. The topological polar surface area (TPSA) is 98.5 Å². The number of anilines is 1. The Balaban J connectivity index is 1.89. The summed E-state index contributed by atoms with van der Waals surface area (Å²) in [6.07, 6.45) is 1.93. The fourth-order valence-corrected chi connectivity index (χ4v) is 2.17. The maximum absolute atomic E-state index is 12.1. The van der Waals surface area contributed by atoms with Gasteiger partial charge in [-0.2, -0.15) is 0 Å². The van der Waals surface area contributed by atoms with Gasteiger partial charge >= 0.3 is 5.97 Å². The molecule has 26 heavy (non-hydrogen) atoms. The Morgan fingerprint density at radius 2 is 1.81 bits per heavy atom. The van der Waals surface area contributed by atoms with Crippen LogP contribution >= 0.6 is 0 Å². The minimum Gasteiger partial charge on any atom is -0.449 e. The van der Waals surface area contributed by atoms with Gasteiger partial charge in [0.05, 0.1) is 0 Å². The lowest BCUT2D eigenvalue weighted by molar-refractivity contribution is -0.148. The van der Waals surface area contributed by atoms with E-state index in [0.717, 1.165) is 11.1 Å². The first-order valence-electron chi connectivity index (χ1n) is 8.01. The SMILES string of the molecule is Cc1cccc(/C=C/C(=O)O[C@H](C)C(=O)Nc2ccc(C(N)=O)cc2)c1. The molecule has 0 saturated heterocycles. The molecule has 2 amide bonds. The van der Waals surface area contributed by atoms with E-state index < -0.39 is 23.9 Å². The first-order valence-corrected chi connectivity index (χ1v) is 8.01. The zero-order valence-electron chi connectivity index (χ0n) is 14.6. The Labute approximate surface area is 151 Å². The molecule has 2 aromatic carbocycles. The summed E-state index contributed by atoms with van der Waals surface area (Å²) in [6, 6.07) is 13.7. The molecule has 0 radical (unpaired) electrons. The van der Waals surface area contributed by atoms with Crippen molar-refractivity contribution in [1.82, 2.24) is 0 Å². The second kappa shape index (κ2) is 8.62. The zero-order valence-corrected chi connectivity index (χ0v) is 14.6. The maximum atomic E-state index is 12.1. The number of rotatable bonds is 6. The van der Waals surface area contributed by atoms with Crippen molar-refractivity contribution in [2.45, 2.75) is 20.0 Å². The van der Waals surface area contributed by atoms with Crippen LogP contribution in [-0.4, -0.2) is 23.9 Å². The number of primary amides is 1. The molecule has 6 heteroatoms. The van der Waals surface area contributed by atoms with Crippen molar-refractivity contribution >= 4 is 29.5 Å². The molecule has 0 fully saturated rings. The molecule has 1 atom stereocenters. The molecule has 0 heterocycles. The average Bonchev–Trinajstić information content (AvgIpc) is 2.60. The molecule has 0 spiro atoms. The van der Waals surface area contributed by atoms with E-state index in [0.29, 0.717) is 11.3 Å². The second-order valence-electron chi connectivity index (χ2n) is 5.76. The number of aryl methyl sites for hydroxylation is 1. The molecule has 6 nitrogen and oxygen atoms in total. The van der Waals surface area contributed by atoms with E-state index in [1.54, 1.807) is 18.2 Å². The molecule has 134 valence electrons. The summed E-state index contributed by atoms with van der Waals surface area (Å²) >= 11 is 0. The highest BCUT2D eigenvalue weighted by Gasteiger charge is 2.16. The minimum absolute atomic E-state index is 0.337. The van der Waals surface area contributed by atoms with Crippen LogP contribution in [0.15, 0.2) is 54.6 Å². The van der Waals surface area contributed by atoms with Crippen molar-refractivity contribution in [2.24, 2.45) is 5.73 Å². The molecule has 0 saturated carbocycles. The Hall–Kier alpha value is -3.41. The Morgan fingerprint density at radius 3 is 2.42 bits per heavy atom. The molecule has 2 aromatic rings. The number of hydrogen-bond acceptors (Lipinski definition) is 4. The summed E-state index contributed by atoms with van der Waals surface area (Å²) in [4.78, 5) is 34.9. The summed E-state index contributed by atoms with van der Waals surface area (Å²) in [5.74, 6) is -1.64. The molecule has 3 N–H and O–H groups in total. The van der Waals surface area contributed by atoms with Gasteiger partial charge in [0.1, 0.15) is 0 Å². The third-order valence-corrected chi connectivity index (χ3v) is 3.55. The fraction of sp³-hybridized carbons (Fsp3) is 0.150. The standard InChI is InChI=1S/C20H20N2O4/c1-13-4-3-5-15(12-13)6-11-18(23)26-14(2)20(25)22-17-9-7-16(8-10-17)19(21)24/h3-12,14H,1-2H3,(H2,21,24)(H,22,25)/b11-6+/t14-/m1/s1. The molecule has 0 aliphatic rings. The number of esters is 1. The largest absolute Gasteiger partial charge is 0.449 e. The van der Waals surface area contributed by atoms with Gasteiger partial charge in [-0.1, -0.05) is 29.8 Å². The van der Waals surface area contributed by atoms with Gasteiger partial charge in [-0.15, -0.1) is 0 Å². The number of hydrogen-bond donors (Lipinski definition) is 2. The van der Waals surface area contributed by atoms with Gasteiger partial charge in [-0.3, -0.25) is 9.59 Å². The third-order valence-electron chi connectivity index (χ3n) is 3.55. The van der Waals surface area contributed by atoms with E-state index in [2.05, 4.69) is 5.32 Å². The van der Waals surface area contributed by atoms with Crippen LogP contribution in [0.25, 0.3) is 6.08 Å². The molecule has 0 aliphatic heterocycles. The Kier molecular flexibility index (Phi) is 6.27. The highest BCUT2D eigenvalue weighted by Crippen LogP contribution is 2.11. The molecule has 0 aliphatic carbocycles. The van der Waals surface area contributed by atoms with Crippen LogP contribution in [0.3, 0.4) is 0 Å². The number of ether oxygens (including phenoxy) is 1. The summed E-state index contributed by atoms with van der Waals surface area (Å²) in [7, 11) is 0. The van der Waals surface area contributed by atoms with Crippen LogP contribution in [0.5, 0.6) is 0 Å². The van der Waals surface area contributed by atoms with E-state index in [1.807, 2.05) is 31.2 Å². The van der Waals surface area contributed by atoms with Crippen LogP contribution < -0.4 is 11.1 Å². The van der Waals surface area contributed by atoms with Gasteiger partial charge in [0.15, 0.2) is 6.10 Å². The fourth-order valence-electron chi connectivity index (χ4n) is 2.17. The quantitative estimate of drug-likeness (QED) is 0.617. The number of carbonyl (C=O) groups excluding carboxylic acids is 3. The van der Waals surface area contributed by atoms with E-state index in [4.69, 9.17) is 10.5 Å². The lowest BCUT2D eigenvalue weighted by atomic mass is 10.1. The van der Waals surface area contributed by atoms with Crippen LogP contribution in [0, 0.1) is 6.92 Å². The molecule has 2 rings (SSSR count). The predicted molar refractivity (Wildman–Crippen MR) is 99.4 cm³/mol. The summed E-state index contributed by atoms with van der Waals surface area (Å²) in [6.45, 7) is 3.43. The summed E-state index contributed by atoms with van der Waals surface area (Å²) in [5, 5.41) is 2.60. The third kappa shape index (κ3) is 5.59. The lowest BCUT2D eigenvalue weighted by Gasteiger charge is -2.12. The predicted octanol–water partition coefficient (Wildman–Crippen LogP) is 2.68. The van der Waals surface area contributed by atoms with Crippen molar-refractivity contribution in [2.75, 3.05) is 5.32 Å². The van der Waals surface area contributed by atoms with Crippen LogP contribution in [-0.2, 0) is 14.3 Å². The highest BCUT2D eigenvalue weighted by atomic mass is 16.5. The van der Waals surface area contributed by atoms with Crippen molar-refractivity contribution in [3.05, 3.63) is 71.3 Å². The Morgan fingerprint density at radius 1 is 1.12 bits per heavy atom. The van der Waals surface area contributed by atoms with Crippen LogP contribution in [0.4, 0.5) is 5.69 Å². The number of nitrogens with one attached hydrogen (secondary N) is 1. The van der Waals surface area contributed by atoms with E-state index in [1.165, 1.54) is 25.1 Å². The van der Waals surface area contributed by atoms with Crippen molar-refractivity contribution < 1.29 is 19.1 Å². The Bertz CT molecular complexity index is 841. The summed E-state index contributed by atoms with van der Waals surface area (Å²) < 4.78 is 5.09. The first kappa shape index (κ1) is 18.9. The summed E-state index contributed by atoms with van der Waals surface area (Å²) in [5.41, 5.74) is 7.91. The van der Waals surface area contributed by atoms with Gasteiger partial charge in [0.25, 0.3) is 5.91 Å². The first-order chi connectivity index (χ1) is 12.3. The minimum atomic E-state index is -0.972. The maximum Gasteiger partial charge on any atom is 0.331 e. The normalized spacial score (nSPS) is 11.8. The number of amides is 2. The van der Waals surface area contributed by atoms with Gasteiger partial charge in [-0.25, -0.2) is 4.79 Å². The smallest absolute Gasteiger partial charge is 0.331 e. The number of benzene rings is 2.